The zero-order valence-corrected chi connectivity index (χ0v) is 11.4. The summed E-state index contributed by atoms with van der Waals surface area (Å²) in [6, 6.07) is 8.83. The van der Waals surface area contributed by atoms with Gasteiger partial charge in [-0.25, -0.2) is 0 Å². The van der Waals surface area contributed by atoms with Crippen LogP contribution in [0.15, 0.2) is 42.9 Å². The summed E-state index contributed by atoms with van der Waals surface area (Å²) in [6.45, 7) is 1.91. The summed E-state index contributed by atoms with van der Waals surface area (Å²) >= 11 is 5.94. The fraction of sp³-hybridized carbons (Fsp3) is 0.0714. The molecular formula is C14H11ClN4O. The largest absolute Gasteiger partial charge is 0.322 e. The number of rotatable bonds is 2. The van der Waals surface area contributed by atoms with Gasteiger partial charge in [-0.15, -0.1) is 10.2 Å². The Morgan fingerprint density at radius 3 is 3.00 bits per heavy atom. The van der Waals surface area contributed by atoms with E-state index < -0.39 is 0 Å². The van der Waals surface area contributed by atoms with Gasteiger partial charge in [0.25, 0.3) is 5.91 Å². The summed E-state index contributed by atoms with van der Waals surface area (Å²) in [4.78, 5) is 12.2. The average molecular weight is 287 g/mol. The van der Waals surface area contributed by atoms with E-state index in [1.807, 2.05) is 13.0 Å². The maximum Gasteiger partial charge on any atom is 0.257 e. The minimum Gasteiger partial charge on any atom is -0.322 e. The van der Waals surface area contributed by atoms with Gasteiger partial charge in [0.2, 0.25) is 0 Å². The van der Waals surface area contributed by atoms with E-state index in [1.165, 1.54) is 0 Å². The number of amides is 1. The Morgan fingerprint density at radius 1 is 1.30 bits per heavy atom. The fourth-order valence-corrected chi connectivity index (χ4v) is 2.06. The molecule has 1 N–H and O–H groups in total. The predicted molar refractivity (Wildman–Crippen MR) is 77.1 cm³/mol. The minimum absolute atomic E-state index is 0.203. The molecule has 2 heterocycles. The van der Waals surface area contributed by atoms with Crippen LogP contribution in [0.2, 0.25) is 5.02 Å². The maximum atomic E-state index is 12.2. The third-order valence-electron chi connectivity index (χ3n) is 3.00. The van der Waals surface area contributed by atoms with Gasteiger partial charge in [-0.3, -0.25) is 9.20 Å². The molecule has 0 spiro atoms. The summed E-state index contributed by atoms with van der Waals surface area (Å²) in [5, 5.41) is 11.1. The van der Waals surface area contributed by atoms with Crippen LogP contribution in [-0.4, -0.2) is 20.5 Å². The van der Waals surface area contributed by atoms with Crippen molar-refractivity contribution >= 4 is 28.8 Å². The number of anilines is 1. The molecule has 20 heavy (non-hydrogen) atoms. The second kappa shape index (κ2) is 4.94. The van der Waals surface area contributed by atoms with Crippen molar-refractivity contribution in [1.29, 1.82) is 0 Å². The number of benzene rings is 1. The lowest BCUT2D eigenvalue weighted by Crippen LogP contribution is -2.13. The van der Waals surface area contributed by atoms with Gasteiger partial charge in [0, 0.05) is 16.9 Å². The molecule has 1 amide bonds. The van der Waals surface area contributed by atoms with Crippen molar-refractivity contribution in [2.24, 2.45) is 0 Å². The molecule has 1 aromatic carbocycles. The zero-order chi connectivity index (χ0) is 14.1. The first kappa shape index (κ1) is 12.6. The number of aromatic nitrogens is 3. The highest BCUT2D eigenvalue weighted by Crippen LogP contribution is 2.20. The van der Waals surface area contributed by atoms with Gasteiger partial charge in [-0.1, -0.05) is 17.7 Å². The molecule has 100 valence electrons. The van der Waals surface area contributed by atoms with Crippen molar-refractivity contribution in [1.82, 2.24) is 14.6 Å². The molecule has 0 atom stereocenters. The third kappa shape index (κ3) is 2.35. The first-order valence-corrected chi connectivity index (χ1v) is 6.38. The molecule has 0 fully saturated rings. The summed E-state index contributed by atoms with van der Waals surface area (Å²) < 4.78 is 1.69. The number of halogens is 1. The lowest BCUT2D eigenvalue weighted by atomic mass is 10.2. The highest BCUT2D eigenvalue weighted by atomic mass is 35.5. The number of nitrogens with one attached hydrogen (secondary N) is 1. The summed E-state index contributed by atoms with van der Waals surface area (Å²) in [5.74, 6) is -0.203. The van der Waals surface area contributed by atoms with Crippen LogP contribution in [-0.2, 0) is 0 Å². The molecule has 3 aromatic rings. The van der Waals surface area contributed by atoms with Crippen LogP contribution >= 0.6 is 11.6 Å². The van der Waals surface area contributed by atoms with Gasteiger partial charge in [-0.2, -0.15) is 0 Å². The molecule has 2 aromatic heterocycles. The Hall–Kier alpha value is -2.40. The molecule has 0 unspecified atom stereocenters. The quantitative estimate of drug-likeness (QED) is 0.788. The summed E-state index contributed by atoms with van der Waals surface area (Å²) in [7, 11) is 0. The van der Waals surface area contributed by atoms with Crippen LogP contribution < -0.4 is 5.32 Å². The van der Waals surface area contributed by atoms with Crippen LogP contribution in [0.4, 0.5) is 5.69 Å². The maximum absolute atomic E-state index is 12.2. The summed E-state index contributed by atoms with van der Waals surface area (Å²) in [5.41, 5.74) is 2.87. The smallest absolute Gasteiger partial charge is 0.257 e. The van der Waals surface area contributed by atoms with Gasteiger partial charge in [0.05, 0.1) is 5.56 Å². The normalized spacial score (nSPS) is 10.7. The Kier molecular flexibility index (Phi) is 3.12. The molecule has 0 saturated carbocycles. The van der Waals surface area contributed by atoms with Crippen LogP contribution in [0.5, 0.6) is 0 Å². The van der Waals surface area contributed by atoms with E-state index in [9.17, 15) is 4.79 Å². The zero-order valence-electron chi connectivity index (χ0n) is 10.7. The number of carbonyl (C=O) groups excluding carboxylic acids is 1. The highest BCUT2D eigenvalue weighted by Gasteiger charge is 2.09. The number of fused-ring (bicyclic) bond motifs is 1. The molecule has 5 nitrogen and oxygen atoms in total. The lowest BCUT2D eigenvalue weighted by Gasteiger charge is -2.09. The van der Waals surface area contributed by atoms with Gasteiger partial charge in [-0.05, 0) is 36.8 Å². The van der Waals surface area contributed by atoms with Gasteiger partial charge in [0.1, 0.15) is 6.33 Å². The first-order valence-electron chi connectivity index (χ1n) is 6.00. The van der Waals surface area contributed by atoms with E-state index in [0.29, 0.717) is 21.9 Å². The van der Waals surface area contributed by atoms with Crippen molar-refractivity contribution in [3.05, 3.63) is 59.0 Å². The Labute approximate surface area is 120 Å². The van der Waals surface area contributed by atoms with Crippen LogP contribution in [0, 0.1) is 6.92 Å². The molecule has 0 aliphatic heterocycles. The van der Waals surface area contributed by atoms with Crippen LogP contribution in [0.3, 0.4) is 0 Å². The van der Waals surface area contributed by atoms with Crippen molar-refractivity contribution in [2.45, 2.75) is 6.92 Å². The van der Waals surface area contributed by atoms with Gasteiger partial charge in [0.15, 0.2) is 5.65 Å². The fourth-order valence-electron chi connectivity index (χ4n) is 1.89. The third-order valence-corrected chi connectivity index (χ3v) is 3.24. The highest BCUT2D eigenvalue weighted by molar-refractivity contribution is 6.31. The van der Waals surface area contributed by atoms with Gasteiger partial charge >= 0.3 is 0 Å². The summed E-state index contributed by atoms with van der Waals surface area (Å²) in [6.07, 6.45) is 3.24. The SMILES string of the molecule is Cc1ccc(Cl)cc1NC(=O)c1ccc2nncn2c1. The average Bonchev–Trinajstić information content (AvgIpc) is 2.90. The molecule has 0 aliphatic rings. The minimum atomic E-state index is -0.203. The van der Waals surface area contributed by atoms with Gasteiger partial charge < -0.3 is 5.32 Å². The van der Waals surface area contributed by atoms with Crippen molar-refractivity contribution < 1.29 is 4.79 Å². The van der Waals surface area contributed by atoms with E-state index in [4.69, 9.17) is 11.6 Å². The Bertz CT molecular complexity index is 797. The number of carbonyl (C=O) groups is 1. The number of hydrogen-bond donors (Lipinski definition) is 1. The molecular weight excluding hydrogens is 276 g/mol. The number of nitrogens with zero attached hydrogens (tertiary/aromatic N) is 3. The van der Waals surface area contributed by atoms with Crippen LogP contribution in [0.25, 0.3) is 5.65 Å². The monoisotopic (exact) mass is 286 g/mol. The topological polar surface area (TPSA) is 59.3 Å². The number of hydrogen-bond acceptors (Lipinski definition) is 3. The second-order valence-corrected chi connectivity index (χ2v) is 4.86. The van der Waals surface area contributed by atoms with E-state index in [-0.39, 0.29) is 5.91 Å². The second-order valence-electron chi connectivity index (χ2n) is 4.43. The Morgan fingerprint density at radius 2 is 2.15 bits per heavy atom. The van der Waals surface area contributed by atoms with Crippen molar-refractivity contribution in [3.8, 4) is 0 Å². The number of aryl methyl sites for hydroxylation is 1. The molecule has 0 bridgehead atoms. The van der Waals surface area contributed by atoms with Crippen LogP contribution in [0.1, 0.15) is 15.9 Å². The molecule has 0 aliphatic carbocycles. The van der Waals surface area contributed by atoms with E-state index in [2.05, 4.69) is 15.5 Å². The van der Waals surface area contributed by atoms with Crippen molar-refractivity contribution in [2.75, 3.05) is 5.32 Å². The number of pyridine rings is 1. The standard InChI is InChI=1S/C14H11ClN4O/c1-9-2-4-11(15)6-12(9)17-14(20)10-3-5-13-18-16-8-19(13)7-10/h2-8H,1H3,(H,17,20). The van der Waals surface area contributed by atoms with E-state index in [1.54, 1.807) is 41.2 Å². The molecule has 0 saturated heterocycles. The van der Waals surface area contributed by atoms with E-state index >= 15 is 0 Å². The van der Waals surface area contributed by atoms with Crippen molar-refractivity contribution in [3.63, 3.8) is 0 Å². The molecule has 6 heteroatoms. The Balaban J connectivity index is 1.90. The molecule has 3 rings (SSSR count). The molecule has 0 radical (unpaired) electrons. The van der Waals surface area contributed by atoms with E-state index in [0.717, 1.165) is 5.56 Å². The predicted octanol–water partition coefficient (Wildman–Crippen LogP) is 2.94. The lowest BCUT2D eigenvalue weighted by molar-refractivity contribution is 0.102. The first-order chi connectivity index (χ1) is 9.63.